The minimum atomic E-state index is -0.889. The molecule has 0 saturated carbocycles. The second-order valence-electron chi connectivity index (χ2n) is 4.17. The third kappa shape index (κ3) is 2.77. The van der Waals surface area contributed by atoms with Gasteiger partial charge in [-0.05, 0) is 22.8 Å². The topological polar surface area (TPSA) is 80.9 Å². The van der Waals surface area contributed by atoms with E-state index in [-0.39, 0.29) is 5.92 Å². The smallest absolute Gasteiger partial charge is 0.328 e. The summed E-state index contributed by atoms with van der Waals surface area (Å²) in [6.45, 7) is 5.78. The van der Waals surface area contributed by atoms with Crippen molar-refractivity contribution in [2.24, 2.45) is 5.92 Å². The van der Waals surface area contributed by atoms with E-state index in [1.807, 2.05) is 13.8 Å². The van der Waals surface area contributed by atoms with Crippen LogP contribution in [0.3, 0.4) is 0 Å². The summed E-state index contributed by atoms with van der Waals surface area (Å²) >= 11 is 0. The van der Waals surface area contributed by atoms with Crippen LogP contribution in [0.2, 0.25) is 0 Å². The Morgan fingerprint density at radius 1 is 1.50 bits per heavy atom. The number of aromatic nitrogens is 4. The first-order valence-corrected chi connectivity index (χ1v) is 5.57. The molecule has 6 heteroatoms. The Hall–Kier alpha value is -1.46. The van der Waals surface area contributed by atoms with Crippen molar-refractivity contribution >= 4 is 5.97 Å². The Morgan fingerprint density at radius 3 is 2.69 bits per heavy atom. The van der Waals surface area contributed by atoms with E-state index in [0.717, 1.165) is 19.3 Å². The van der Waals surface area contributed by atoms with E-state index in [4.69, 9.17) is 5.11 Å². The molecule has 1 heterocycles. The quantitative estimate of drug-likeness (QED) is 0.790. The number of unbranched alkanes of at least 4 members (excludes halogenated alkanes) is 1. The highest BCUT2D eigenvalue weighted by Gasteiger charge is 2.27. The zero-order chi connectivity index (χ0) is 12.1. The fraction of sp³-hybridized carbons (Fsp3) is 0.800. The summed E-state index contributed by atoms with van der Waals surface area (Å²) in [5, 5.41) is 20.4. The first kappa shape index (κ1) is 12.6. The lowest BCUT2D eigenvalue weighted by Crippen LogP contribution is -2.27. The number of hydrogen-bond acceptors (Lipinski definition) is 4. The molecule has 0 fully saturated rings. The zero-order valence-corrected chi connectivity index (χ0v) is 9.92. The molecule has 0 amide bonds. The maximum Gasteiger partial charge on any atom is 0.328 e. The largest absolute Gasteiger partial charge is 0.480 e. The first-order valence-electron chi connectivity index (χ1n) is 5.57. The normalized spacial score (nSPS) is 13.0. The molecule has 1 rings (SSSR count). The highest BCUT2D eigenvalue weighted by atomic mass is 16.4. The molecule has 16 heavy (non-hydrogen) atoms. The zero-order valence-electron chi connectivity index (χ0n) is 9.92. The SMILES string of the molecule is CCCCc1nnnn1C(C(=O)O)C(C)C. The van der Waals surface area contributed by atoms with Gasteiger partial charge in [0, 0.05) is 6.42 Å². The summed E-state index contributed by atoms with van der Waals surface area (Å²) in [5.41, 5.74) is 0. The van der Waals surface area contributed by atoms with Gasteiger partial charge in [-0.15, -0.1) is 5.10 Å². The third-order valence-electron chi connectivity index (χ3n) is 2.46. The van der Waals surface area contributed by atoms with Crippen molar-refractivity contribution < 1.29 is 9.90 Å². The third-order valence-corrected chi connectivity index (χ3v) is 2.46. The van der Waals surface area contributed by atoms with Gasteiger partial charge < -0.3 is 5.11 Å². The highest BCUT2D eigenvalue weighted by Crippen LogP contribution is 2.18. The predicted molar refractivity (Wildman–Crippen MR) is 57.9 cm³/mol. The summed E-state index contributed by atoms with van der Waals surface area (Å²) < 4.78 is 1.43. The van der Waals surface area contributed by atoms with Crippen LogP contribution in [0.25, 0.3) is 0 Å². The average molecular weight is 226 g/mol. The van der Waals surface area contributed by atoms with E-state index in [2.05, 4.69) is 22.4 Å². The molecule has 6 nitrogen and oxygen atoms in total. The molecule has 0 aliphatic heterocycles. The Bertz CT molecular complexity index is 348. The Kier molecular flexibility index (Phi) is 4.39. The maximum absolute atomic E-state index is 11.1. The van der Waals surface area contributed by atoms with Crippen LogP contribution >= 0.6 is 0 Å². The van der Waals surface area contributed by atoms with E-state index >= 15 is 0 Å². The van der Waals surface area contributed by atoms with Gasteiger partial charge in [0.05, 0.1) is 0 Å². The molecule has 1 N–H and O–H groups in total. The van der Waals surface area contributed by atoms with Gasteiger partial charge >= 0.3 is 5.97 Å². The number of carboxylic acid groups (broad SMARTS) is 1. The lowest BCUT2D eigenvalue weighted by atomic mass is 10.0. The molecule has 0 aromatic carbocycles. The number of aryl methyl sites for hydroxylation is 1. The average Bonchev–Trinajstić information content (AvgIpc) is 2.62. The van der Waals surface area contributed by atoms with Crippen molar-refractivity contribution in [1.29, 1.82) is 0 Å². The standard InChI is InChI=1S/C10H18N4O2/c1-4-5-6-8-11-12-13-14(8)9(7(2)3)10(15)16/h7,9H,4-6H2,1-3H3,(H,15,16). The number of hydrogen-bond donors (Lipinski definition) is 1. The lowest BCUT2D eigenvalue weighted by Gasteiger charge is -2.17. The molecular formula is C10H18N4O2. The maximum atomic E-state index is 11.1. The Morgan fingerprint density at radius 2 is 2.19 bits per heavy atom. The molecule has 1 aromatic rings. The molecular weight excluding hydrogens is 208 g/mol. The van der Waals surface area contributed by atoms with Crippen molar-refractivity contribution in [2.45, 2.75) is 46.1 Å². The fourth-order valence-electron chi connectivity index (χ4n) is 1.60. The van der Waals surface area contributed by atoms with Gasteiger partial charge in [0.25, 0.3) is 0 Å². The molecule has 1 atom stereocenters. The summed E-state index contributed by atoms with van der Waals surface area (Å²) in [4.78, 5) is 11.1. The van der Waals surface area contributed by atoms with E-state index in [9.17, 15) is 4.79 Å². The van der Waals surface area contributed by atoms with E-state index in [1.54, 1.807) is 0 Å². The second kappa shape index (κ2) is 5.58. The van der Waals surface area contributed by atoms with Gasteiger partial charge in [-0.2, -0.15) is 0 Å². The molecule has 0 spiro atoms. The predicted octanol–water partition coefficient (Wildman–Crippen LogP) is 1.30. The number of nitrogens with zero attached hydrogens (tertiary/aromatic N) is 4. The second-order valence-corrected chi connectivity index (χ2v) is 4.17. The van der Waals surface area contributed by atoms with Gasteiger partial charge in [0.2, 0.25) is 0 Å². The van der Waals surface area contributed by atoms with Crippen LogP contribution in [0, 0.1) is 5.92 Å². The number of aliphatic carboxylic acids is 1. The molecule has 90 valence electrons. The lowest BCUT2D eigenvalue weighted by molar-refractivity contribution is -0.142. The minimum Gasteiger partial charge on any atom is -0.480 e. The van der Waals surface area contributed by atoms with Gasteiger partial charge in [-0.25, -0.2) is 9.48 Å². The number of carboxylic acids is 1. The van der Waals surface area contributed by atoms with Gasteiger partial charge in [0.15, 0.2) is 11.9 Å². The summed E-state index contributed by atoms with van der Waals surface area (Å²) in [7, 11) is 0. The summed E-state index contributed by atoms with van der Waals surface area (Å²) in [6.07, 6.45) is 2.72. The minimum absolute atomic E-state index is 0.0404. The fourth-order valence-corrected chi connectivity index (χ4v) is 1.60. The van der Waals surface area contributed by atoms with E-state index in [1.165, 1.54) is 4.68 Å². The van der Waals surface area contributed by atoms with Crippen LogP contribution in [0.1, 0.15) is 45.5 Å². The van der Waals surface area contributed by atoms with Gasteiger partial charge in [0.1, 0.15) is 0 Å². The summed E-state index contributed by atoms with van der Waals surface area (Å²) in [5.74, 6) is -0.274. The van der Waals surface area contributed by atoms with Crippen LogP contribution in [0.5, 0.6) is 0 Å². The molecule has 1 aromatic heterocycles. The van der Waals surface area contributed by atoms with Crippen molar-refractivity contribution in [2.75, 3.05) is 0 Å². The van der Waals surface area contributed by atoms with Crippen molar-refractivity contribution in [3.05, 3.63) is 5.82 Å². The van der Waals surface area contributed by atoms with E-state index < -0.39 is 12.0 Å². The number of carbonyl (C=O) groups is 1. The van der Waals surface area contributed by atoms with Crippen LogP contribution in [0.15, 0.2) is 0 Å². The molecule has 1 unspecified atom stereocenters. The Balaban J connectivity index is 2.91. The Labute approximate surface area is 94.7 Å². The van der Waals surface area contributed by atoms with Crippen LogP contribution in [0.4, 0.5) is 0 Å². The summed E-state index contributed by atoms with van der Waals surface area (Å²) in [6, 6.07) is -0.679. The van der Waals surface area contributed by atoms with Crippen LogP contribution in [-0.2, 0) is 11.2 Å². The van der Waals surface area contributed by atoms with Crippen molar-refractivity contribution in [1.82, 2.24) is 20.2 Å². The number of tetrazole rings is 1. The van der Waals surface area contributed by atoms with Crippen LogP contribution in [-0.4, -0.2) is 31.3 Å². The van der Waals surface area contributed by atoms with Crippen molar-refractivity contribution in [3.8, 4) is 0 Å². The monoisotopic (exact) mass is 226 g/mol. The van der Waals surface area contributed by atoms with Crippen LogP contribution < -0.4 is 0 Å². The molecule has 0 radical (unpaired) electrons. The first-order chi connectivity index (χ1) is 7.57. The molecule has 0 aliphatic rings. The van der Waals surface area contributed by atoms with Gasteiger partial charge in [-0.1, -0.05) is 27.2 Å². The molecule has 0 aliphatic carbocycles. The van der Waals surface area contributed by atoms with Crippen molar-refractivity contribution in [3.63, 3.8) is 0 Å². The highest BCUT2D eigenvalue weighted by molar-refractivity contribution is 5.72. The number of rotatable bonds is 6. The van der Waals surface area contributed by atoms with E-state index in [0.29, 0.717) is 5.82 Å². The van der Waals surface area contributed by atoms with Gasteiger partial charge in [-0.3, -0.25) is 0 Å². The molecule has 0 bridgehead atoms. The molecule has 0 saturated heterocycles.